The lowest BCUT2D eigenvalue weighted by Crippen LogP contribution is -2.56. The molecule has 0 bridgehead atoms. The van der Waals surface area contributed by atoms with Crippen LogP contribution < -0.4 is 32.7 Å². The number of nitrogens with zero attached hydrogens (tertiary/aromatic N) is 1. The van der Waals surface area contributed by atoms with Gasteiger partial charge in [0.2, 0.25) is 11.8 Å². The van der Waals surface area contributed by atoms with Crippen LogP contribution in [0.15, 0.2) is 89.9 Å². The molecular weight excluding hydrogens is 518 g/mol. The number of rotatable bonds is 14. The van der Waals surface area contributed by atoms with E-state index in [9.17, 15) is 14.4 Å². The summed E-state index contributed by atoms with van der Waals surface area (Å²) >= 11 is 0. The monoisotopic (exact) mass is 557 g/mol. The molecule has 0 aliphatic rings. The van der Waals surface area contributed by atoms with E-state index >= 15 is 0 Å². The van der Waals surface area contributed by atoms with Crippen LogP contribution in [0.25, 0.3) is 0 Å². The number of anilines is 1. The SMILES string of the molecule is CC(C)[C@H](NC(=O)c1ccc(NCCN=C(N)N)cc1)C(=O)N[C@@H](Cc1ccccc1)C(=O)NCc1ccccc1. The number of amides is 3. The first kappa shape index (κ1) is 30.7. The predicted molar refractivity (Wildman–Crippen MR) is 162 cm³/mol. The zero-order valence-electron chi connectivity index (χ0n) is 23.5. The second-order valence-electron chi connectivity index (χ2n) is 9.96. The minimum atomic E-state index is -0.847. The lowest BCUT2D eigenvalue weighted by molar-refractivity contribution is -0.130. The van der Waals surface area contributed by atoms with Gasteiger partial charge in [-0.05, 0) is 41.3 Å². The number of nitrogens with one attached hydrogen (secondary N) is 4. The maximum atomic E-state index is 13.4. The van der Waals surface area contributed by atoms with Gasteiger partial charge in [0, 0.05) is 30.8 Å². The van der Waals surface area contributed by atoms with Crippen molar-refractivity contribution < 1.29 is 14.4 Å². The second-order valence-corrected chi connectivity index (χ2v) is 9.96. The Morgan fingerprint density at radius 1 is 0.780 bits per heavy atom. The minimum absolute atomic E-state index is 0.0294. The highest BCUT2D eigenvalue weighted by molar-refractivity contribution is 5.98. The Morgan fingerprint density at radius 2 is 1.39 bits per heavy atom. The molecule has 0 aliphatic carbocycles. The molecule has 0 aliphatic heterocycles. The van der Waals surface area contributed by atoms with Gasteiger partial charge in [0.15, 0.2) is 5.96 Å². The highest BCUT2D eigenvalue weighted by Gasteiger charge is 2.29. The molecule has 3 aromatic rings. The fourth-order valence-corrected chi connectivity index (χ4v) is 4.11. The summed E-state index contributed by atoms with van der Waals surface area (Å²) < 4.78 is 0. The number of guanidine groups is 1. The van der Waals surface area contributed by atoms with Crippen molar-refractivity contribution in [3.05, 3.63) is 102 Å². The third-order valence-corrected chi connectivity index (χ3v) is 6.34. The smallest absolute Gasteiger partial charge is 0.251 e. The molecule has 2 atom stereocenters. The lowest BCUT2D eigenvalue weighted by Gasteiger charge is -2.25. The Bertz CT molecular complexity index is 1290. The Balaban J connectivity index is 1.65. The van der Waals surface area contributed by atoms with E-state index in [1.165, 1.54) is 0 Å². The number of aliphatic imine (C=N–C) groups is 1. The number of hydrogen-bond donors (Lipinski definition) is 6. The van der Waals surface area contributed by atoms with Crippen LogP contribution in [0.2, 0.25) is 0 Å². The van der Waals surface area contributed by atoms with Gasteiger partial charge >= 0.3 is 0 Å². The summed E-state index contributed by atoms with van der Waals surface area (Å²) in [6.45, 7) is 4.98. The summed E-state index contributed by atoms with van der Waals surface area (Å²) in [4.78, 5) is 43.6. The number of hydrogen-bond acceptors (Lipinski definition) is 5. The molecule has 0 radical (unpaired) electrons. The van der Waals surface area contributed by atoms with Gasteiger partial charge in [-0.25, -0.2) is 0 Å². The molecule has 3 aromatic carbocycles. The van der Waals surface area contributed by atoms with E-state index in [-0.39, 0.29) is 23.7 Å². The summed E-state index contributed by atoms with van der Waals surface area (Å²) in [7, 11) is 0. The number of carbonyl (C=O) groups excluding carboxylic acids is 3. The number of nitrogens with two attached hydrogens (primary N) is 2. The molecule has 0 unspecified atom stereocenters. The van der Waals surface area contributed by atoms with E-state index < -0.39 is 18.0 Å². The van der Waals surface area contributed by atoms with Crippen molar-refractivity contribution in [3.8, 4) is 0 Å². The van der Waals surface area contributed by atoms with Crippen LogP contribution >= 0.6 is 0 Å². The van der Waals surface area contributed by atoms with Gasteiger partial charge in [-0.15, -0.1) is 0 Å². The summed E-state index contributed by atoms with van der Waals surface area (Å²) in [5.41, 5.74) is 13.7. The molecule has 8 N–H and O–H groups in total. The van der Waals surface area contributed by atoms with Crippen molar-refractivity contribution in [1.82, 2.24) is 16.0 Å². The van der Waals surface area contributed by atoms with E-state index in [2.05, 4.69) is 26.3 Å². The van der Waals surface area contributed by atoms with Crippen LogP contribution in [0.1, 0.15) is 35.3 Å². The highest BCUT2D eigenvalue weighted by Crippen LogP contribution is 2.12. The van der Waals surface area contributed by atoms with Crippen LogP contribution in [0.4, 0.5) is 5.69 Å². The van der Waals surface area contributed by atoms with E-state index in [4.69, 9.17) is 11.5 Å². The van der Waals surface area contributed by atoms with Crippen molar-refractivity contribution >= 4 is 29.4 Å². The van der Waals surface area contributed by atoms with Gasteiger partial charge in [0.25, 0.3) is 5.91 Å². The first-order chi connectivity index (χ1) is 19.7. The molecule has 10 nitrogen and oxygen atoms in total. The Labute approximate surface area is 241 Å². The molecule has 216 valence electrons. The summed E-state index contributed by atoms with van der Waals surface area (Å²) in [5, 5.41) is 11.8. The van der Waals surface area contributed by atoms with Crippen molar-refractivity contribution in [2.45, 2.75) is 38.9 Å². The molecule has 3 rings (SSSR count). The molecule has 0 heterocycles. The van der Waals surface area contributed by atoms with Crippen molar-refractivity contribution in [3.63, 3.8) is 0 Å². The molecule has 0 saturated heterocycles. The van der Waals surface area contributed by atoms with Crippen LogP contribution in [-0.4, -0.2) is 48.9 Å². The van der Waals surface area contributed by atoms with Crippen LogP contribution in [0.3, 0.4) is 0 Å². The topological polar surface area (TPSA) is 164 Å². The Kier molecular flexibility index (Phi) is 11.7. The molecule has 0 saturated carbocycles. The van der Waals surface area contributed by atoms with E-state index in [1.54, 1.807) is 24.3 Å². The standard InChI is InChI=1S/C31H39N7O3/c1-21(2)27(38-28(39)24-13-15-25(16-14-24)34-17-18-35-31(32)33)30(41)37-26(19-22-9-5-3-6-10-22)29(40)36-20-23-11-7-4-8-12-23/h3-16,21,26-27,34H,17-20H2,1-2H3,(H,36,40)(H,37,41)(H,38,39)(H4,32,33,35)/t26-,27-/m0/s1. The first-order valence-corrected chi connectivity index (χ1v) is 13.6. The number of benzene rings is 3. The fourth-order valence-electron chi connectivity index (χ4n) is 4.11. The van der Waals surface area contributed by atoms with Gasteiger partial charge in [-0.3, -0.25) is 19.4 Å². The third-order valence-electron chi connectivity index (χ3n) is 6.34. The molecule has 3 amide bonds. The predicted octanol–water partition coefficient (Wildman–Crippen LogP) is 2.17. The van der Waals surface area contributed by atoms with E-state index in [0.717, 1.165) is 16.8 Å². The number of carbonyl (C=O) groups is 3. The van der Waals surface area contributed by atoms with Crippen LogP contribution in [0, 0.1) is 5.92 Å². The zero-order chi connectivity index (χ0) is 29.6. The molecule has 0 spiro atoms. The minimum Gasteiger partial charge on any atom is -0.383 e. The Morgan fingerprint density at radius 3 is 1.98 bits per heavy atom. The van der Waals surface area contributed by atoms with Crippen molar-refractivity contribution in [1.29, 1.82) is 0 Å². The summed E-state index contributed by atoms with van der Waals surface area (Å²) in [6, 6.07) is 24.2. The van der Waals surface area contributed by atoms with Crippen LogP contribution in [0.5, 0.6) is 0 Å². The molecular formula is C31H39N7O3. The maximum absolute atomic E-state index is 13.4. The zero-order valence-corrected chi connectivity index (χ0v) is 23.5. The molecule has 0 fully saturated rings. The first-order valence-electron chi connectivity index (χ1n) is 13.6. The van der Waals surface area contributed by atoms with Crippen molar-refractivity contribution in [2.24, 2.45) is 22.4 Å². The molecule has 0 aromatic heterocycles. The van der Waals surface area contributed by atoms with Gasteiger partial charge in [-0.1, -0.05) is 74.5 Å². The fraction of sp³-hybridized carbons (Fsp3) is 0.290. The Hall–Kier alpha value is -4.86. The van der Waals surface area contributed by atoms with Gasteiger partial charge < -0.3 is 32.7 Å². The average molecular weight is 558 g/mol. The molecule has 10 heteroatoms. The second kappa shape index (κ2) is 15.7. The van der Waals surface area contributed by atoms with Gasteiger partial charge in [0.05, 0.1) is 6.54 Å². The van der Waals surface area contributed by atoms with E-state index in [1.807, 2.05) is 74.5 Å². The average Bonchev–Trinajstić information content (AvgIpc) is 2.97. The van der Waals surface area contributed by atoms with Gasteiger partial charge in [-0.2, -0.15) is 0 Å². The summed E-state index contributed by atoms with van der Waals surface area (Å²) in [5.74, 6) is -1.31. The third kappa shape index (κ3) is 10.3. The van der Waals surface area contributed by atoms with Crippen LogP contribution in [-0.2, 0) is 22.6 Å². The largest absolute Gasteiger partial charge is 0.383 e. The molecule has 41 heavy (non-hydrogen) atoms. The summed E-state index contributed by atoms with van der Waals surface area (Å²) in [6.07, 6.45) is 0.309. The normalized spacial score (nSPS) is 12.1. The highest BCUT2D eigenvalue weighted by atomic mass is 16.2. The maximum Gasteiger partial charge on any atom is 0.251 e. The lowest BCUT2D eigenvalue weighted by atomic mass is 10.0. The van der Waals surface area contributed by atoms with Crippen molar-refractivity contribution in [2.75, 3.05) is 18.4 Å². The van der Waals surface area contributed by atoms with Gasteiger partial charge in [0.1, 0.15) is 12.1 Å². The quantitative estimate of drug-likeness (QED) is 0.101. The van der Waals surface area contributed by atoms with E-state index in [0.29, 0.717) is 31.6 Å².